The van der Waals surface area contributed by atoms with Gasteiger partial charge in [0, 0.05) is 10.5 Å². The van der Waals surface area contributed by atoms with Crippen LogP contribution in [0.25, 0.3) is 0 Å². The van der Waals surface area contributed by atoms with Gasteiger partial charge in [-0.05, 0) is 46.9 Å². The van der Waals surface area contributed by atoms with Crippen molar-refractivity contribution in [2.24, 2.45) is 5.84 Å². The van der Waals surface area contributed by atoms with Crippen molar-refractivity contribution < 1.29 is 0 Å². The topological polar surface area (TPSA) is 38.0 Å². The summed E-state index contributed by atoms with van der Waals surface area (Å²) in [5, 5.41) is 4.27. The third-order valence-corrected chi connectivity index (χ3v) is 4.23. The Labute approximate surface area is 114 Å². The molecule has 0 aliphatic carbocycles. The van der Waals surface area contributed by atoms with Crippen LogP contribution in [0.3, 0.4) is 0 Å². The molecule has 0 spiro atoms. The van der Waals surface area contributed by atoms with Gasteiger partial charge in [0.15, 0.2) is 0 Å². The molecule has 1 heterocycles. The quantitative estimate of drug-likeness (QED) is 0.658. The predicted octanol–water partition coefficient (Wildman–Crippen LogP) is 3.13. The Morgan fingerprint density at radius 2 is 2.06 bits per heavy atom. The van der Waals surface area contributed by atoms with Gasteiger partial charge in [0.25, 0.3) is 0 Å². The molecule has 0 saturated carbocycles. The molecule has 0 amide bonds. The number of rotatable bonds is 5. The van der Waals surface area contributed by atoms with Crippen LogP contribution in [-0.4, -0.2) is 6.04 Å². The Morgan fingerprint density at radius 1 is 1.24 bits per heavy atom. The summed E-state index contributed by atoms with van der Waals surface area (Å²) in [6.07, 6.45) is 1.88. The highest BCUT2D eigenvalue weighted by Crippen LogP contribution is 2.19. The fourth-order valence-electron chi connectivity index (χ4n) is 1.81. The summed E-state index contributed by atoms with van der Waals surface area (Å²) in [7, 11) is 0. The first-order valence-electron chi connectivity index (χ1n) is 5.50. The van der Waals surface area contributed by atoms with Crippen LogP contribution < -0.4 is 11.3 Å². The average molecular weight is 311 g/mol. The fraction of sp³-hybridized carbons (Fsp3) is 0.231. The van der Waals surface area contributed by atoms with Gasteiger partial charge >= 0.3 is 0 Å². The minimum Gasteiger partial charge on any atom is -0.271 e. The van der Waals surface area contributed by atoms with E-state index in [0.29, 0.717) is 0 Å². The molecule has 0 radical (unpaired) electrons. The van der Waals surface area contributed by atoms with Crippen molar-refractivity contribution in [1.29, 1.82) is 0 Å². The van der Waals surface area contributed by atoms with Gasteiger partial charge in [0.2, 0.25) is 0 Å². The van der Waals surface area contributed by atoms with Crippen LogP contribution in [-0.2, 0) is 12.8 Å². The average Bonchev–Trinajstić information content (AvgIpc) is 2.84. The summed E-state index contributed by atoms with van der Waals surface area (Å²) >= 11 is 5.29. The number of nitrogens with two attached hydrogens (primary N) is 1. The minimum atomic E-state index is 0.267. The summed E-state index contributed by atoms with van der Waals surface area (Å²) in [4.78, 5) is 0. The van der Waals surface area contributed by atoms with E-state index >= 15 is 0 Å². The summed E-state index contributed by atoms with van der Waals surface area (Å²) in [6.45, 7) is 0. The first-order chi connectivity index (χ1) is 8.29. The molecule has 3 N–H and O–H groups in total. The third-order valence-electron chi connectivity index (χ3n) is 2.72. The van der Waals surface area contributed by atoms with E-state index in [1.165, 1.54) is 11.1 Å². The second-order valence-corrected chi connectivity index (χ2v) is 5.63. The summed E-state index contributed by atoms with van der Waals surface area (Å²) < 4.78 is 1.14. The molecular weight excluding hydrogens is 296 g/mol. The second-order valence-electron chi connectivity index (χ2n) is 3.99. The molecule has 0 aliphatic rings. The SMILES string of the molecule is NNC(Cc1ccsc1)Cc1ccccc1Br. The lowest BCUT2D eigenvalue weighted by Crippen LogP contribution is -2.38. The highest BCUT2D eigenvalue weighted by atomic mass is 79.9. The van der Waals surface area contributed by atoms with Gasteiger partial charge in [0.1, 0.15) is 0 Å². The van der Waals surface area contributed by atoms with E-state index in [1.807, 2.05) is 6.07 Å². The number of thiophene rings is 1. The van der Waals surface area contributed by atoms with Crippen LogP contribution in [0.1, 0.15) is 11.1 Å². The van der Waals surface area contributed by atoms with Crippen LogP contribution in [0.15, 0.2) is 45.6 Å². The van der Waals surface area contributed by atoms with E-state index in [1.54, 1.807) is 11.3 Å². The number of halogens is 1. The monoisotopic (exact) mass is 310 g/mol. The van der Waals surface area contributed by atoms with E-state index in [2.05, 4.69) is 56.4 Å². The van der Waals surface area contributed by atoms with Gasteiger partial charge in [0.05, 0.1) is 0 Å². The lowest BCUT2D eigenvalue weighted by atomic mass is 10.0. The van der Waals surface area contributed by atoms with E-state index in [4.69, 9.17) is 5.84 Å². The molecule has 17 heavy (non-hydrogen) atoms. The van der Waals surface area contributed by atoms with Crippen LogP contribution in [0.2, 0.25) is 0 Å². The molecule has 1 atom stereocenters. The van der Waals surface area contributed by atoms with Crippen molar-refractivity contribution in [2.75, 3.05) is 0 Å². The normalized spacial score (nSPS) is 12.6. The number of nitrogens with one attached hydrogen (secondary N) is 1. The zero-order valence-electron chi connectivity index (χ0n) is 9.40. The molecule has 1 aromatic carbocycles. The summed E-state index contributed by atoms with van der Waals surface area (Å²) in [5.41, 5.74) is 5.52. The number of hydrazine groups is 1. The Bertz CT molecular complexity index is 456. The molecule has 0 bridgehead atoms. The molecule has 1 unspecified atom stereocenters. The van der Waals surface area contributed by atoms with Crippen LogP contribution in [0.5, 0.6) is 0 Å². The molecule has 2 nitrogen and oxygen atoms in total. The van der Waals surface area contributed by atoms with Crippen molar-refractivity contribution in [3.63, 3.8) is 0 Å². The Morgan fingerprint density at radius 3 is 2.71 bits per heavy atom. The Hall–Kier alpha value is -0.680. The van der Waals surface area contributed by atoms with Crippen LogP contribution >= 0.6 is 27.3 Å². The first kappa shape index (κ1) is 12.8. The molecule has 2 rings (SSSR count). The zero-order chi connectivity index (χ0) is 12.1. The molecule has 1 aromatic heterocycles. The van der Waals surface area contributed by atoms with Crippen LogP contribution in [0.4, 0.5) is 0 Å². The van der Waals surface area contributed by atoms with Crippen molar-refractivity contribution in [3.8, 4) is 0 Å². The van der Waals surface area contributed by atoms with Gasteiger partial charge in [-0.3, -0.25) is 11.3 Å². The van der Waals surface area contributed by atoms with E-state index in [9.17, 15) is 0 Å². The molecule has 0 fully saturated rings. The fourth-order valence-corrected chi connectivity index (χ4v) is 2.94. The summed E-state index contributed by atoms with van der Waals surface area (Å²) in [6, 6.07) is 10.7. The van der Waals surface area contributed by atoms with Crippen molar-refractivity contribution >= 4 is 27.3 Å². The second kappa shape index (κ2) is 6.31. The number of hydrogen-bond donors (Lipinski definition) is 2. The van der Waals surface area contributed by atoms with E-state index < -0.39 is 0 Å². The maximum Gasteiger partial charge on any atom is 0.0291 e. The molecule has 0 aliphatic heterocycles. The van der Waals surface area contributed by atoms with Gasteiger partial charge in [-0.1, -0.05) is 34.1 Å². The van der Waals surface area contributed by atoms with Crippen molar-refractivity contribution in [1.82, 2.24) is 5.43 Å². The van der Waals surface area contributed by atoms with Gasteiger partial charge in [-0.25, -0.2) is 0 Å². The zero-order valence-corrected chi connectivity index (χ0v) is 11.8. The summed E-state index contributed by atoms with van der Waals surface area (Å²) in [5.74, 6) is 5.63. The smallest absolute Gasteiger partial charge is 0.0291 e. The largest absolute Gasteiger partial charge is 0.271 e. The maximum atomic E-state index is 5.63. The lowest BCUT2D eigenvalue weighted by molar-refractivity contribution is 0.522. The lowest BCUT2D eigenvalue weighted by Gasteiger charge is -2.16. The van der Waals surface area contributed by atoms with E-state index in [0.717, 1.165) is 17.3 Å². The maximum absolute atomic E-state index is 5.63. The van der Waals surface area contributed by atoms with Crippen LogP contribution in [0, 0.1) is 0 Å². The first-order valence-corrected chi connectivity index (χ1v) is 7.24. The van der Waals surface area contributed by atoms with Gasteiger partial charge in [-0.15, -0.1) is 0 Å². The number of hydrogen-bond acceptors (Lipinski definition) is 3. The Balaban J connectivity index is 2.03. The van der Waals surface area contributed by atoms with Crippen molar-refractivity contribution in [3.05, 3.63) is 56.7 Å². The third kappa shape index (κ3) is 3.64. The predicted molar refractivity (Wildman–Crippen MR) is 77.0 cm³/mol. The standard InChI is InChI=1S/C13H15BrN2S/c14-13-4-2-1-3-11(13)8-12(16-15)7-10-5-6-17-9-10/h1-6,9,12,16H,7-8,15H2. The highest BCUT2D eigenvalue weighted by molar-refractivity contribution is 9.10. The van der Waals surface area contributed by atoms with Gasteiger partial charge in [-0.2, -0.15) is 11.3 Å². The molecule has 90 valence electrons. The highest BCUT2D eigenvalue weighted by Gasteiger charge is 2.10. The number of benzene rings is 1. The van der Waals surface area contributed by atoms with E-state index in [-0.39, 0.29) is 6.04 Å². The molecule has 4 heteroatoms. The Kier molecular flexibility index (Phi) is 4.74. The minimum absolute atomic E-state index is 0.267. The molecule has 0 saturated heterocycles. The molecular formula is C13H15BrN2S. The molecule has 2 aromatic rings. The van der Waals surface area contributed by atoms with Gasteiger partial charge < -0.3 is 0 Å². The van der Waals surface area contributed by atoms with Crippen molar-refractivity contribution in [2.45, 2.75) is 18.9 Å².